The van der Waals surface area contributed by atoms with E-state index in [0.29, 0.717) is 23.0 Å². The van der Waals surface area contributed by atoms with Crippen LogP contribution in [0.1, 0.15) is 28.3 Å². The number of benzene rings is 2. The van der Waals surface area contributed by atoms with Gasteiger partial charge in [0.05, 0.1) is 33.6 Å². The fraction of sp³-hybridized carbons (Fsp3) is 0.200. The van der Waals surface area contributed by atoms with Crippen LogP contribution in [0.25, 0.3) is 15.2 Å². The third-order valence-corrected chi connectivity index (χ3v) is 6.49. The van der Waals surface area contributed by atoms with Gasteiger partial charge in [0.1, 0.15) is 24.7 Å². The molecule has 0 fully saturated rings. The number of ether oxygens (including phenoxy) is 2. The van der Waals surface area contributed by atoms with E-state index in [1.165, 1.54) is 17.4 Å². The van der Waals surface area contributed by atoms with Gasteiger partial charge in [-0.15, -0.1) is 0 Å². The van der Waals surface area contributed by atoms with Crippen molar-refractivity contribution in [1.29, 1.82) is 0 Å². The number of aromatic nitrogens is 3. The van der Waals surface area contributed by atoms with Crippen LogP contribution < -0.4 is 10.3 Å². The maximum atomic E-state index is 12.6. The highest BCUT2D eigenvalue weighted by Gasteiger charge is 2.12. The summed E-state index contributed by atoms with van der Waals surface area (Å²) in [6.45, 7) is 4.02. The normalized spacial score (nSPS) is 11.2. The first-order valence-electron chi connectivity index (χ1n) is 10.7. The third kappa shape index (κ3) is 4.42. The van der Waals surface area contributed by atoms with E-state index in [9.17, 15) is 9.59 Å². The molecule has 0 N–H and O–H groups in total. The van der Waals surface area contributed by atoms with Crippen LogP contribution in [0.3, 0.4) is 0 Å². The van der Waals surface area contributed by atoms with Crippen molar-refractivity contribution in [2.45, 2.75) is 33.5 Å². The Hall–Kier alpha value is -3.98. The fourth-order valence-electron chi connectivity index (χ4n) is 3.64. The van der Waals surface area contributed by atoms with Crippen LogP contribution >= 0.6 is 11.3 Å². The first-order valence-corrected chi connectivity index (χ1v) is 11.5. The van der Waals surface area contributed by atoms with Gasteiger partial charge in [-0.2, -0.15) is 0 Å². The number of thiazole rings is 1. The van der Waals surface area contributed by atoms with Gasteiger partial charge in [0.25, 0.3) is 5.56 Å². The van der Waals surface area contributed by atoms with Crippen molar-refractivity contribution in [1.82, 2.24) is 14.5 Å². The van der Waals surface area contributed by atoms with Crippen molar-refractivity contribution >= 4 is 32.5 Å². The van der Waals surface area contributed by atoms with E-state index >= 15 is 0 Å². The van der Waals surface area contributed by atoms with Crippen molar-refractivity contribution in [3.63, 3.8) is 0 Å². The van der Waals surface area contributed by atoms with Crippen LogP contribution in [-0.2, 0) is 29.2 Å². The van der Waals surface area contributed by atoms with Crippen molar-refractivity contribution < 1.29 is 18.8 Å². The number of para-hydroxylation sites is 1. The SMILES string of the molecule is Cc1noc(C)c1COc1ccc(CC(=O)OCc2cc(=O)n3c(n2)sc2ccccc23)cc1. The highest BCUT2D eigenvalue weighted by atomic mass is 32.1. The van der Waals surface area contributed by atoms with Gasteiger partial charge >= 0.3 is 5.97 Å². The molecular formula is C25H21N3O5S. The molecule has 9 heteroatoms. The number of fused-ring (bicyclic) bond motifs is 3. The average Bonchev–Trinajstić information content (AvgIpc) is 3.36. The molecule has 0 aliphatic rings. The summed E-state index contributed by atoms with van der Waals surface area (Å²) in [5.41, 5.74) is 3.58. The lowest BCUT2D eigenvalue weighted by Crippen LogP contribution is -2.15. The topological polar surface area (TPSA) is 95.9 Å². The maximum Gasteiger partial charge on any atom is 0.310 e. The van der Waals surface area contributed by atoms with E-state index in [1.807, 2.05) is 50.2 Å². The number of hydrogen-bond donors (Lipinski definition) is 0. The molecule has 0 saturated carbocycles. The number of nitrogens with zero attached hydrogens (tertiary/aromatic N) is 3. The van der Waals surface area contributed by atoms with E-state index in [4.69, 9.17) is 14.0 Å². The summed E-state index contributed by atoms with van der Waals surface area (Å²) in [7, 11) is 0. The molecule has 5 aromatic rings. The van der Waals surface area contributed by atoms with Gasteiger partial charge in [0.15, 0.2) is 4.96 Å². The minimum absolute atomic E-state index is 0.0581. The molecule has 0 aliphatic heterocycles. The second kappa shape index (κ2) is 9.11. The van der Waals surface area contributed by atoms with E-state index in [2.05, 4.69) is 10.1 Å². The zero-order valence-corrected chi connectivity index (χ0v) is 19.4. The van der Waals surface area contributed by atoms with Crippen LogP contribution in [0.5, 0.6) is 5.75 Å². The zero-order valence-electron chi connectivity index (χ0n) is 18.6. The average molecular weight is 476 g/mol. The van der Waals surface area contributed by atoms with E-state index in [0.717, 1.165) is 32.8 Å². The van der Waals surface area contributed by atoms with Gasteiger partial charge in [-0.3, -0.25) is 14.0 Å². The van der Waals surface area contributed by atoms with E-state index in [1.54, 1.807) is 16.5 Å². The molecule has 0 spiro atoms. The number of rotatable bonds is 7. The van der Waals surface area contributed by atoms with Crippen molar-refractivity contribution in [2.24, 2.45) is 0 Å². The largest absolute Gasteiger partial charge is 0.489 e. The number of hydrogen-bond acceptors (Lipinski definition) is 8. The summed E-state index contributed by atoms with van der Waals surface area (Å²) >= 11 is 1.42. The van der Waals surface area contributed by atoms with Gasteiger partial charge in [-0.05, 0) is 43.7 Å². The van der Waals surface area contributed by atoms with Crippen LogP contribution in [0.15, 0.2) is 63.9 Å². The van der Waals surface area contributed by atoms with E-state index < -0.39 is 5.97 Å². The zero-order chi connectivity index (χ0) is 23.7. The van der Waals surface area contributed by atoms with Gasteiger partial charge in [0.2, 0.25) is 0 Å². The van der Waals surface area contributed by atoms with Crippen molar-refractivity contribution in [3.05, 3.63) is 93.2 Å². The van der Waals surface area contributed by atoms with Crippen molar-refractivity contribution in [2.75, 3.05) is 0 Å². The van der Waals surface area contributed by atoms with E-state index in [-0.39, 0.29) is 18.6 Å². The van der Waals surface area contributed by atoms with Crippen LogP contribution in [0.2, 0.25) is 0 Å². The number of carbonyl (C=O) groups is 1. The molecule has 0 atom stereocenters. The summed E-state index contributed by atoms with van der Waals surface area (Å²) < 4.78 is 18.8. The smallest absolute Gasteiger partial charge is 0.310 e. The Labute approximate surface area is 198 Å². The molecule has 0 aliphatic carbocycles. The lowest BCUT2D eigenvalue weighted by atomic mass is 10.1. The molecule has 0 bridgehead atoms. The highest BCUT2D eigenvalue weighted by molar-refractivity contribution is 7.23. The highest BCUT2D eigenvalue weighted by Crippen LogP contribution is 2.23. The Morgan fingerprint density at radius 2 is 1.88 bits per heavy atom. The second-order valence-electron chi connectivity index (χ2n) is 7.85. The van der Waals surface area contributed by atoms with Gasteiger partial charge < -0.3 is 14.0 Å². The summed E-state index contributed by atoms with van der Waals surface area (Å²) in [4.78, 5) is 30.0. The van der Waals surface area contributed by atoms with Crippen LogP contribution in [0, 0.1) is 13.8 Å². The number of esters is 1. The Bertz CT molecular complexity index is 1530. The number of carbonyl (C=O) groups excluding carboxylic acids is 1. The predicted molar refractivity (Wildman–Crippen MR) is 127 cm³/mol. The molecule has 0 amide bonds. The molecule has 2 aromatic carbocycles. The molecule has 8 nitrogen and oxygen atoms in total. The van der Waals surface area contributed by atoms with Gasteiger partial charge in [0, 0.05) is 6.07 Å². The molecule has 0 saturated heterocycles. The Morgan fingerprint density at radius 1 is 1.09 bits per heavy atom. The first-order chi connectivity index (χ1) is 16.5. The van der Waals surface area contributed by atoms with Gasteiger partial charge in [-0.1, -0.05) is 40.8 Å². The molecule has 34 heavy (non-hydrogen) atoms. The minimum atomic E-state index is -0.400. The lowest BCUT2D eigenvalue weighted by Gasteiger charge is -2.08. The monoisotopic (exact) mass is 475 g/mol. The summed E-state index contributed by atoms with van der Waals surface area (Å²) in [6.07, 6.45) is 0.105. The van der Waals surface area contributed by atoms with Crippen LogP contribution in [0.4, 0.5) is 0 Å². The molecule has 3 heterocycles. The lowest BCUT2D eigenvalue weighted by molar-refractivity contribution is -0.144. The molecule has 0 radical (unpaired) electrons. The Balaban J connectivity index is 1.19. The second-order valence-corrected chi connectivity index (χ2v) is 8.86. The fourth-order valence-corrected chi connectivity index (χ4v) is 4.69. The summed E-state index contributed by atoms with van der Waals surface area (Å²) in [5, 5.41) is 3.92. The maximum absolute atomic E-state index is 12.6. The molecule has 172 valence electrons. The third-order valence-electron chi connectivity index (χ3n) is 5.47. The van der Waals surface area contributed by atoms with Crippen molar-refractivity contribution in [3.8, 4) is 5.75 Å². The van der Waals surface area contributed by atoms with Gasteiger partial charge in [-0.25, -0.2) is 4.98 Å². The quantitative estimate of drug-likeness (QED) is 0.322. The minimum Gasteiger partial charge on any atom is -0.489 e. The molecule has 5 rings (SSSR count). The standard InChI is InChI=1S/C25H21N3O5S/c1-15-20(16(2)33-27-15)14-31-19-9-7-17(8-10-19)11-24(30)32-13-18-12-23(29)28-21-5-3-4-6-22(21)34-25(28)26-18/h3-10,12H,11,13-14H2,1-2H3. The molecule has 0 unspecified atom stereocenters. The Kier molecular flexibility index (Phi) is 5.85. The summed E-state index contributed by atoms with van der Waals surface area (Å²) in [6, 6.07) is 16.3. The Morgan fingerprint density at radius 3 is 2.65 bits per heavy atom. The predicted octanol–water partition coefficient (Wildman–Crippen LogP) is 4.38. The number of aryl methyl sites for hydroxylation is 2. The molecular weight excluding hydrogens is 454 g/mol. The first kappa shape index (κ1) is 21.8. The molecule has 3 aromatic heterocycles. The summed E-state index contributed by atoms with van der Waals surface area (Å²) in [5.74, 6) is 1.02. The van der Waals surface area contributed by atoms with Crippen LogP contribution in [-0.4, -0.2) is 20.5 Å².